The van der Waals surface area contributed by atoms with E-state index in [1.165, 1.54) is 25.7 Å². The molecule has 1 heterocycles. The monoisotopic (exact) mass is 211 g/mol. The highest BCUT2D eigenvalue weighted by molar-refractivity contribution is 5.76. The number of ketones is 1. The van der Waals surface area contributed by atoms with E-state index >= 15 is 0 Å². The summed E-state index contributed by atoms with van der Waals surface area (Å²) in [6.45, 7) is 2.40. The first-order valence-corrected chi connectivity index (χ1v) is 6.01. The number of hydrogen-bond donors (Lipinski definition) is 0. The Morgan fingerprint density at radius 3 is 2.87 bits per heavy atom. The van der Waals surface area contributed by atoms with Crippen LogP contribution in [0.1, 0.15) is 39.0 Å². The largest absolute Gasteiger partial charge is 0.375 e. The fraction of sp³-hybridized carbons (Fsp3) is 0.917. The lowest BCUT2D eigenvalue weighted by Gasteiger charge is -2.46. The Morgan fingerprint density at radius 2 is 2.13 bits per heavy atom. The second-order valence-electron chi connectivity index (χ2n) is 4.95. The Kier molecular flexibility index (Phi) is 3.42. The molecule has 3 unspecified atom stereocenters. The van der Waals surface area contributed by atoms with Crippen molar-refractivity contribution in [2.24, 2.45) is 0 Å². The number of carbonyl (C=O) groups excluding carboxylic acids is 1. The summed E-state index contributed by atoms with van der Waals surface area (Å²) in [4.78, 5) is 13.5. The predicted molar refractivity (Wildman–Crippen MR) is 58.8 cm³/mol. The van der Waals surface area contributed by atoms with Crippen molar-refractivity contribution in [1.29, 1.82) is 0 Å². The van der Waals surface area contributed by atoms with Crippen LogP contribution in [0.5, 0.6) is 0 Å². The van der Waals surface area contributed by atoms with E-state index in [2.05, 4.69) is 11.9 Å². The van der Waals surface area contributed by atoms with Gasteiger partial charge in [0.15, 0.2) is 0 Å². The zero-order valence-electron chi connectivity index (χ0n) is 9.74. The molecule has 86 valence electrons. The number of rotatable bonds is 2. The van der Waals surface area contributed by atoms with Crippen LogP contribution in [0.3, 0.4) is 0 Å². The molecule has 3 heteroatoms. The summed E-state index contributed by atoms with van der Waals surface area (Å²) >= 11 is 0. The Balaban J connectivity index is 1.98. The Labute approximate surface area is 91.8 Å². The summed E-state index contributed by atoms with van der Waals surface area (Å²) in [6, 6.07) is 0.860. The minimum Gasteiger partial charge on any atom is -0.375 e. The first-order valence-electron chi connectivity index (χ1n) is 6.01. The zero-order valence-corrected chi connectivity index (χ0v) is 9.74. The molecule has 2 fully saturated rings. The molecule has 0 amide bonds. The molecule has 1 aliphatic carbocycles. The highest BCUT2D eigenvalue weighted by atomic mass is 16.5. The van der Waals surface area contributed by atoms with Gasteiger partial charge >= 0.3 is 0 Å². The van der Waals surface area contributed by atoms with Gasteiger partial charge in [-0.05, 0) is 26.8 Å². The normalized spacial score (nSPS) is 37.3. The summed E-state index contributed by atoms with van der Waals surface area (Å²) in [6.07, 6.45) is 6.09. The van der Waals surface area contributed by atoms with Gasteiger partial charge in [-0.2, -0.15) is 0 Å². The van der Waals surface area contributed by atoms with E-state index in [4.69, 9.17) is 4.74 Å². The molecular weight excluding hydrogens is 190 g/mol. The molecule has 3 atom stereocenters. The maximum atomic E-state index is 11.1. The molecule has 0 radical (unpaired) electrons. The second kappa shape index (κ2) is 4.62. The van der Waals surface area contributed by atoms with Crippen LogP contribution in [0.25, 0.3) is 0 Å². The predicted octanol–water partition coefficient (Wildman–Crippen LogP) is 1.61. The zero-order chi connectivity index (χ0) is 10.8. The molecule has 0 aromatic rings. The van der Waals surface area contributed by atoms with E-state index in [9.17, 15) is 4.79 Å². The van der Waals surface area contributed by atoms with Gasteiger partial charge in [0.1, 0.15) is 5.78 Å². The number of fused-ring (bicyclic) bond motifs is 1. The topological polar surface area (TPSA) is 29.5 Å². The number of Topliss-reactive ketones (excluding diaryl/α,β-unsaturated/α-hetero) is 1. The number of hydrogen-bond acceptors (Lipinski definition) is 3. The number of morpholine rings is 1. The van der Waals surface area contributed by atoms with Crippen molar-refractivity contribution in [2.75, 3.05) is 13.7 Å². The molecule has 1 saturated carbocycles. The van der Waals surface area contributed by atoms with Gasteiger partial charge in [-0.15, -0.1) is 0 Å². The molecule has 0 N–H and O–H groups in total. The van der Waals surface area contributed by atoms with Gasteiger partial charge in [0.05, 0.1) is 12.7 Å². The Morgan fingerprint density at radius 1 is 1.40 bits per heavy atom. The van der Waals surface area contributed by atoms with Crippen LogP contribution >= 0.6 is 0 Å². The van der Waals surface area contributed by atoms with Gasteiger partial charge in [-0.1, -0.05) is 12.8 Å². The molecule has 2 rings (SSSR count). The SMILES string of the molecule is CC(=O)CC1COC2CCCCC2N1C. The van der Waals surface area contributed by atoms with Crippen LogP contribution in [0.15, 0.2) is 0 Å². The average Bonchev–Trinajstić information content (AvgIpc) is 2.22. The van der Waals surface area contributed by atoms with Crippen molar-refractivity contribution in [3.63, 3.8) is 0 Å². The van der Waals surface area contributed by atoms with E-state index in [0.717, 1.165) is 6.61 Å². The van der Waals surface area contributed by atoms with Gasteiger partial charge in [-0.3, -0.25) is 9.69 Å². The molecule has 3 nitrogen and oxygen atoms in total. The maximum absolute atomic E-state index is 11.1. The number of ether oxygens (including phenoxy) is 1. The van der Waals surface area contributed by atoms with Gasteiger partial charge in [0.2, 0.25) is 0 Å². The van der Waals surface area contributed by atoms with Crippen LogP contribution in [-0.2, 0) is 9.53 Å². The highest BCUT2D eigenvalue weighted by Crippen LogP contribution is 2.30. The molecule has 0 aromatic carbocycles. The summed E-state index contributed by atoms with van der Waals surface area (Å²) < 4.78 is 5.87. The third kappa shape index (κ3) is 2.40. The van der Waals surface area contributed by atoms with E-state index in [0.29, 0.717) is 24.6 Å². The Hall–Kier alpha value is -0.410. The summed E-state index contributed by atoms with van der Waals surface area (Å²) in [5.41, 5.74) is 0. The average molecular weight is 211 g/mol. The third-order valence-corrected chi connectivity index (χ3v) is 3.79. The van der Waals surface area contributed by atoms with E-state index < -0.39 is 0 Å². The summed E-state index contributed by atoms with van der Waals surface area (Å²) in [5, 5.41) is 0. The lowest BCUT2D eigenvalue weighted by atomic mass is 9.88. The second-order valence-corrected chi connectivity index (χ2v) is 4.95. The third-order valence-electron chi connectivity index (χ3n) is 3.79. The molecule has 1 aliphatic heterocycles. The fourth-order valence-electron chi connectivity index (χ4n) is 2.90. The maximum Gasteiger partial charge on any atom is 0.131 e. The van der Waals surface area contributed by atoms with E-state index in [1.807, 2.05) is 0 Å². The Bertz CT molecular complexity index is 242. The van der Waals surface area contributed by atoms with Crippen molar-refractivity contribution < 1.29 is 9.53 Å². The quantitative estimate of drug-likeness (QED) is 0.695. The van der Waals surface area contributed by atoms with Crippen molar-refractivity contribution >= 4 is 5.78 Å². The lowest BCUT2D eigenvalue weighted by Crippen LogP contribution is -2.56. The highest BCUT2D eigenvalue weighted by Gasteiger charge is 2.37. The summed E-state index contributed by atoms with van der Waals surface area (Å²) in [5.74, 6) is 0.268. The van der Waals surface area contributed by atoms with Gasteiger partial charge in [0.25, 0.3) is 0 Å². The van der Waals surface area contributed by atoms with Crippen molar-refractivity contribution in [3.8, 4) is 0 Å². The number of carbonyl (C=O) groups is 1. The van der Waals surface area contributed by atoms with E-state index in [-0.39, 0.29) is 5.78 Å². The van der Waals surface area contributed by atoms with Crippen molar-refractivity contribution in [2.45, 2.75) is 57.2 Å². The first-order chi connectivity index (χ1) is 7.18. The van der Waals surface area contributed by atoms with E-state index in [1.54, 1.807) is 6.92 Å². The molecule has 15 heavy (non-hydrogen) atoms. The number of likely N-dealkylation sites (N-methyl/N-ethyl adjacent to an activating group) is 1. The van der Waals surface area contributed by atoms with Gasteiger partial charge in [-0.25, -0.2) is 0 Å². The van der Waals surface area contributed by atoms with Gasteiger partial charge < -0.3 is 4.74 Å². The molecule has 2 aliphatic rings. The lowest BCUT2D eigenvalue weighted by molar-refractivity contribution is -0.129. The van der Waals surface area contributed by atoms with Crippen molar-refractivity contribution in [1.82, 2.24) is 4.90 Å². The van der Waals surface area contributed by atoms with Crippen LogP contribution in [-0.4, -0.2) is 42.5 Å². The molecule has 0 aromatic heterocycles. The van der Waals surface area contributed by atoms with Crippen LogP contribution in [0, 0.1) is 0 Å². The summed E-state index contributed by atoms with van der Waals surface area (Å²) in [7, 11) is 2.15. The van der Waals surface area contributed by atoms with Crippen LogP contribution in [0.2, 0.25) is 0 Å². The minimum atomic E-state index is 0.268. The smallest absolute Gasteiger partial charge is 0.131 e. The van der Waals surface area contributed by atoms with Crippen LogP contribution < -0.4 is 0 Å². The molecular formula is C12H21NO2. The molecule has 1 saturated heterocycles. The minimum absolute atomic E-state index is 0.268. The molecule has 0 bridgehead atoms. The van der Waals surface area contributed by atoms with Gasteiger partial charge in [0, 0.05) is 18.5 Å². The standard InChI is InChI=1S/C12H21NO2/c1-9(14)7-10-8-15-12-6-4-3-5-11(12)13(10)2/h10-12H,3-8H2,1-2H3. The molecule has 0 spiro atoms. The van der Waals surface area contributed by atoms with Crippen molar-refractivity contribution in [3.05, 3.63) is 0 Å². The fourth-order valence-corrected chi connectivity index (χ4v) is 2.90. The van der Waals surface area contributed by atoms with Crippen LogP contribution in [0.4, 0.5) is 0 Å². The number of nitrogens with zero attached hydrogens (tertiary/aromatic N) is 1. The first kappa shape index (κ1) is 11.1.